The number of allylic oxidation sites excluding steroid dienone is 1. The minimum atomic E-state index is -0.643. The van der Waals surface area contributed by atoms with E-state index in [2.05, 4.69) is 4.99 Å². The normalized spacial score (nSPS) is 21.0. The van der Waals surface area contributed by atoms with Crippen LogP contribution in [0, 0.1) is 5.82 Å². The van der Waals surface area contributed by atoms with Crippen LogP contribution in [0.2, 0.25) is 0 Å². The van der Waals surface area contributed by atoms with Crippen LogP contribution in [0.4, 0.5) is 4.39 Å². The van der Waals surface area contributed by atoms with Crippen molar-refractivity contribution in [3.05, 3.63) is 46.9 Å². The summed E-state index contributed by atoms with van der Waals surface area (Å²) in [6.45, 7) is 1.72. The molecule has 5 nitrogen and oxygen atoms in total. The molecule has 0 aliphatic carbocycles. The molecule has 7 heteroatoms. The number of thioether (sulfide) groups is 1. The smallest absolute Gasteiger partial charge is 0.338 e. The number of carbonyl (C=O) groups excluding carboxylic acids is 2. The second kappa shape index (κ2) is 6.16. The Morgan fingerprint density at radius 2 is 2.09 bits per heavy atom. The minimum absolute atomic E-state index is 0.106. The molecule has 1 amide bonds. The second-order valence-corrected chi connectivity index (χ2v) is 6.26. The summed E-state index contributed by atoms with van der Waals surface area (Å²) in [4.78, 5) is 30.6. The zero-order valence-corrected chi connectivity index (χ0v) is 13.5. The fourth-order valence-electron chi connectivity index (χ4n) is 2.73. The van der Waals surface area contributed by atoms with Gasteiger partial charge in [-0.1, -0.05) is 23.9 Å². The number of amidine groups is 1. The van der Waals surface area contributed by atoms with Crippen LogP contribution >= 0.6 is 11.8 Å². The maximum atomic E-state index is 13.3. The molecule has 2 aliphatic heterocycles. The Morgan fingerprint density at radius 3 is 2.74 bits per heavy atom. The largest absolute Gasteiger partial charge is 0.466 e. The molecule has 0 radical (unpaired) electrons. The molecule has 0 bridgehead atoms. The Bertz CT molecular complexity index is 727. The lowest BCUT2D eigenvalue weighted by Crippen LogP contribution is -2.45. The zero-order chi connectivity index (χ0) is 16.6. The van der Waals surface area contributed by atoms with Gasteiger partial charge in [0.05, 0.1) is 24.4 Å². The van der Waals surface area contributed by atoms with Crippen molar-refractivity contribution in [1.29, 1.82) is 0 Å². The molecule has 1 atom stereocenters. The van der Waals surface area contributed by atoms with Crippen molar-refractivity contribution in [2.75, 3.05) is 12.9 Å². The molecule has 0 spiro atoms. The fraction of sp³-hybridized carbons (Fsp3) is 0.312. The molecule has 0 aromatic heterocycles. The number of carbonyl (C=O) groups is 2. The van der Waals surface area contributed by atoms with E-state index in [4.69, 9.17) is 4.74 Å². The van der Waals surface area contributed by atoms with Crippen LogP contribution in [0.3, 0.4) is 0 Å². The Kier molecular flexibility index (Phi) is 4.21. The molecule has 0 N–H and O–H groups in total. The number of amides is 1. The molecule has 120 valence electrons. The third-order valence-corrected chi connectivity index (χ3v) is 4.75. The Hall–Kier alpha value is -2.15. The monoisotopic (exact) mass is 334 g/mol. The number of benzene rings is 1. The topological polar surface area (TPSA) is 59.0 Å². The summed E-state index contributed by atoms with van der Waals surface area (Å²) in [5.74, 6) is -0.364. The first-order valence-corrected chi connectivity index (χ1v) is 8.09. The molecule has 1 aromatic rings. The van der Waals surface area contributed by atoms with Gasteiger partial charge in [-0.05, 0) is 24.6 Å². The highest BCUT2D eigenvalue weighted by molar-refractivity contribution is 8.14. The highest BCUT2D eigenvalue weighted by atomic mass is 32.2. The summed E-state index contributed by atoms with van der Waals surface area (Å²) in [7, 11) is 1.29. The number of halogens is 1. The zero-order valence-electron chi connectivity index (χ0n) is 12.7. The predicted octanol–water partition coefficient (Wildman–Crippen LogP) is 2.65. The van der Waals surface area contributed by atoms with Crippen LogP contribution in [-0.2, 0) is 14.3 Å². The van der Waals surface area contributed by atoms with E-state index in [0.717, 1.165) is 0 Å². The van der Waals surface area contributed by atoms with Crippen molar-refractivity contribution in [2.24, 2.45) is 4.99 Å². The van der Waals surface area contributed by atoms with E-state index in [-0.39, 0.29) is 11.7 Å². The van der Waals surface area contributed by atoms with Crippen molar-refractivity contribution < 1.29 is 18.7 Å². The highest BCUT2D eigenvalue weighted by Crippen LogP contribution is 2.40. The average molecular weight is 334 g/mol. The number of rotatable bonds is 2. The molecular weight excluding hydrogens is 319 g/mol. The van der Waals surface area contributed by atoms with Crippen molar-refractivity contribution in [3.8, 4) is 0 Å². The van der Waals surface area contributed by atoms with Gasteiger partial charge in [0.2, 0.25) is 5.91 Å². The van der Waals surface area contributed by atoms with E-state index in [1.165, 1.54) is 35.9 Å². The summed E-state index contributed by atoms with van der Waals surface area (Å²) in [6.07, 6.45) is 0.370. The third kappa shape index (κ3) is 2.76. The molecular formula is C16H15FN2O3S. The lowest BCUT2D eigenvalue weighted by atomic mass is 9.94. The molecule has 0 saturated carbocycles. The molecule has 1 fully saturated rings. The van der Waals surface area contributed by atoms with Gasteiger partial charge in [0.1, 0.15) is 5.82 Å². The number of esters is 1. The number of aliphatic imine (C=N–C) groups is 1. The molecule has 2 aliphatic rings. The summed E-state index contributed by atoms with van der Waals surface area (Å²) in [5, 5.41) is 0.570. The van der Waals surface area contributed by atoms with Crippen LogP contribution in [0.1, 0.15) is 24.9 Å². The first kappa shape index (κ1) is 15.7. The van der Waals surface area contributed by atoms with E-state index in [0.29, 0.717) is 34.2 Å². The molecule has 1 aromatic carbocycles. The summed E-state index contributed by atoms with van der Waals surface area (Å²) in [5.41, 5.74) is 1.47. The van der Waals surface area contributed by atoms with E-state index in [1.807, 2.05) is 0 Å². The van der Waals surface area contributed by atoms with Crippen LogP contribution in [0.25, 0.3) is 0 Å². The molecule has 1 saturated heterocycles. The maximum absolute atomic E-state index is 13.3. The highest BCUT2D eigenvalue weighted by Gasteiger charge is 2.41. The standard InChI is InChI=1S/C16H15FN2O3S/c1-9-13(15(21)22-2)14(10-3-5-11(17)6-4-10)19-12(20)7-8-23-16(19)18-9/h3-6,14H,7-8H2,1-2H3/t14-/m1/s1. The maximum Gasteiger partial charge on any atom is 0.338 e. The minimum Gasteiger partial charge on any atom is -0.466 e. The van der Waals surface area contributed by atoms with Gasteiger partial charge in [-0.2, -0.15) is 0 Å². The Morgan fingerprint density at radius 1 is 1.39 bits per heavy atom. The first-order chi connectivity index (χ1) is 11.0. The number of hydrogen-bond donors (Lipinski definition) is 0. The van der Waals surface area contributed by atoms with Crippen molar-refractivity contribution in [2.45, 2.75) is 19.4 Å². The molecule has 3 rings (SSSR count). The second-order valence-electron chi connectivity index (χ2n) is 5.20. The van der Waals surface area contributed by atoms with Gasteiger partial charge in [-0.15, -0.1) is 0 Å². The van der Waals surface area contributed by atoms with E-state index < -0.39 is 12.0 Å². The van der Waals surface area contributed by atoms with E-state index in [9.17, 15) is 14.0 Å². The third-order valence-electron chi connectivity index (χ3n) is 3.80. The van der Waals surface area contributed by atoms with Crippen molar-refractivity contribution in [1.82, 2.24) is 4.90 Å². The lowest BCUT2D eigenvalue weighted by molar-refractivity contribution is -0.137. The quantitative estimate of drug-likeness (QED) is 0.780. The number of nitrogens with zero attached hydrogens (tertiary/aromatic N) is 2. The van der Waals surface area contributed by atoms with Crippen LogP contribution < -0.4 is 0 Å². The predicted molar refractivity (Wildman–Crippen MR) is 85.2 cm³/mol. The van der Waals surface area contributed by atoms with Gasteiger partial charge in [0.15, 0.2) is 5.17 Å². The van der Waals surface area contributed by atoms with E-state index in [1.54, 1.807) is 19.1 Å². The SMILES string of the molecule is COC(=O)C1=C(C)N=C2SCCC(=O)N2[C@@H]1c1ccc(F)cc1. The van der Waals surface area contributed by atoms with Crippen LogP contribution in [-0.4, -0.2) is 34.8 Å². The van der Waals surface area contributed by atoms with Crippen LogP contribution in [0.5, 0.6) is 0 Å². The summed E-state index contributed by atoms with van der Waals surface area (Å²) >= 11 is 1.47. The van der Waals surface area contributed by atoms with Gasteiger partial charge in [0, 0.05) is 12.2 Å². The lowest BCUT2D eigenvalue weighted by Gasteiger charge is -2.38. The van der Waals surface area contributed by atoms with Gasteiger partial charge in [-0.25, -0.2) is 14.2 Å². The number of methoxy groups -OCH3 is 1. The fourth-order valence-corrected chi connectivity index (χ4v) is 3.73. The van der Waals surface area contributed by atoms with Crippen molar-refractivity contribution in [3.63, 3.8) is 0 Å². The van der Waals surface area contributed by atoms with Crippen LogP contribution in [0.15, 0.2) is 40.5 Å². The number of hydrogen-bond acceptors (Lipinski definition) is 5. The first-order valence-electron chi connectivity index (χ1n) is 7.11. The molecule has 2 heterocycles. The van der Waals surface area contributed by atoms with Gasteiger partial charge >= 0.3 is 5.97 Å². The molecule has 23 heavy (non-hydrogen) atoms. The number of ether oxygens (including phenoxy) is 1. The van der Waals surface area contributed by atoms with Crippen molar-refractivity contribution >= 4 is 28.8 Å². The van der Waals surface area contributed by atoms with E-state index >= 15 is 0 Å². The Labute approximate surface area is 137 Å². The van der Waals surface area contributed by atoms with Gasteiger partial charge in [0.25, 0.3) is 0 Å². The molecule has 0 unspecified atom stereocenters. The van der Waals surface area contributed by atoms with Gasteiger partial charge < -0.3 is 4.74 Å². The van der Waals surface area contributed by atoms with Gasteiger partial charge in [-0.3, -0.25) is 9.69 Å². The number of fused-ring (bicyclic) bond motifs is 1. The summed E-state index contributed by atoms with van der Waals surface area (Å²) in [6, 6.07) is 5.13. The summed E-state index contributed by atoms with van der Waals surface area (Å²) < 4.78 is 18.1. The average Bonchev–Trinajstić information content (AvgIpc) is 2.54. The Balaban J connectivity index is 2.17.